The number of aromatic hydroxyl groups is 1. The normalized spacial score (nSPS) is 12.2. The van der Waals surface area contributed by atoms with E-state index in [4.69, 9.17) is 0 Å². The van der Waals surface area contributed by atoms with E-state index >= 15 is 0 Å². The molecule has 0 fully saturated rings. The van der Waals surface area contributed by atoms with Crippen LogP contribution >= 0.6 is 11.3 Å². The Hall–Kier alpha value is -2.60. The molecule has 1 amide bonds. The van der Waals surface area contributed by atoms with Crippen LogP contribution in [-0.2, 0) is 6.54 Å². The average Bonchev–Trinajstić information content (AvgIpc) is 3.09. The molecule has 0 aliphatic rings. The Labute approximate surface area is 149 Å². The van der Waals surface area contributed by atoms with Gasteiger partial charge in [-0.05, 0) is 30.4 Å². The maximum Gasteiger partial charge on any atom is 0.268 e. The number of pyridine rings is 1. The number of nitrogens with zero attached hydrogens (tertiary/aromatic N) is 1. The summed E-state index contributed by atoms with van der Waals surface area (Å²) >= 11 is 1.31. The molecule has 3 aromatic rings. The smallest absolute Gasteiger partial charge is 0.268 e. The lowest BCUT2D eigenvalue weighted by atomic mass is 10.1. The number of aromatic nitrogens is 1. The maximum atomic E-state index is 13.0. The van der Waals surface area contributed by atoms with Gasteiger partial charge in [-0.25, -0.2) is 0 Å². The van der Waals surface area contributed by atoms with Crippen molar-refractivity contribution >= 4 is 27.5 Å². The molecule has 0 spiro atoms. The summed E-state index contributed by atoms with van der Waals surface area (Å²) in [4.78, 5) is 25.5. The van der Waals surface area contributed by atoms with E-state index in [-0.39, 0.29) is 17.4 Å². The Kier molecular flexibility index (Phi) is 4.90. The molecule has 2 N–H and O–H groups in total. The van der Waals surface area contributed by atoms with Crippen LogP contribution in [0.4, 0.5) is 0 Å². The molecule has 5 nitrogen and oxygen atoms in total. The quantitative estimate of drug-likeness (QED) is 0.736. The Bertz CT molecular complexity index is 960. The van der Waals surface area contributed by atoms with Crippen LogP contribution in [0.15, 0.2) is 46.6 Å². The molecule has 0 saturated carbocycles. The molecule has 0 unspecified atom stereocenters. The van der Waals surface area contributed by atoms with Crippen LogP contribution in [0.2, 0.25) is 0 Å². The van der Waals surface area contributed by atoms with Crippen LogP contribution in [0.25, 0.3) is 10.2 Å². The molecule has 6 heteroatoms. The Balaban J connectivity index is 2.15. The molecular formula is C19H20N2O3S. The van der Waals surface area contributed by atoms with E-state index < -0.39 is 11.5 Å². The topological polar surface area (TPSA) is 71.3 Å². The monoisotopic (exact) mass is 356 g/mol. The van der Waals surface area contributed by atoms with E-state index in [1.165, 1.54) is 11.3 Å². The molecule has 1 atom stereocenters. The molecule has 0 saturated heterocycles. The van der Waals surface area contributed by atoms with Crippen molar-refractivity contribution in [1.82, 2.24) is 9.88 Å². The van der Waals surface area contributed by atoms with Crippen molar-refractivity contribution in [3.63, 3.8) is 0 Å². The van der Waals surface area contributed by atoms with Crippen LogP contribution in [0.1, 0.15) is 36.2 Å². The minimum Gasteiger partial charge on any atom is -0.505 e. The lowest BCUT2D eigenvalue weighted by Gasteiger charge is -2.15. The third kappa shape index (κ3) is 3.30. The number of thiophene rings is 1. The second kappa shape index (κ2) is 7.11. The first kappa shape index (κ1) is 17.2. The van der Waals surface area contributed by atoms with Gasteiger partial charge in [0, 0.05) is 6.04 Å². The summed E-state index contributed by atoms with van der Waals surface area (Å²) in [6.45, 7) is 4.15. The van der Waals surface area contributed by atoms with Gasteiger partial charge in [0.25, 0.3) is 11.5 Å². The summed E-state index contributed by atoms with van der Waals surface area (Å²) in [6, 6.07) is 11.3. The highest BCUT2D eigenvalue weighted by Crippen LogP contribution is 2.31. The first-order valence-corrected chi connectivity index (χ1v) is 9.08. The summed E-state index contributed by atoms with van der Waals surface area (Å²) in [7, 11) is 0. The predicted molar refractivity (Wildman–Crippen MR) is 101 cm³/mol. The number of hydrogen-bond acceptors (Lipinski definition) is 4. The van der Waals surface area contributed by atoms with Gasteiger partial charge in [0.15, 0.2) is 5.75 Å². The summed E-state index contributed by atoms with van der Waals surface area (Å²) in [5, 5.41) is 15.1. The van der Waals surface area contributed by atoms with E-state index in [2.05, 4.69) is 5.32 Å². The number of benzene rings is 1. The number of hydrogen-bond donors (Lipinski definition) is 2. The second-order valence-electron chi connectivity index (χ2n) is 6.02. The van der Waals surface area contributed by atoms with Crippen molar-refractivity contribution in [2.45, 2.75) is 32.9 Å². The zero-order valence-corrected chi connectivity index (χ0v) is 15.0. The Morgan fingerprint density at radius 3 is 2.68 bits per heavy atom. The molecule has 2 aromatic heterocycles. The van der Waals surface area contributed by atoms with E-state index in [9.17, 15) is 14.7 Å². The molecule has 0 aliphatic heterocycles. The number of nitrogens with one attached hydrogen (secondary N) is 1. The van der Waals surface area contributed by atoms with E-state index in [0.29, 0.717) is 16.8 Å². The van der Waals surface area contributed by atoms with Crippen LogP contribution in [0, 0.1) is 0 Å². The van der Waals surface area contributed by atoms with Crippen LogP contribution in [-0.4, -0.2) is 21.6 Å². The summed E-state index contributed by atoms with van der Waals surface area (Å²) < 4.78 is 2.09. The minimum atomic E-state index is -0.533. The van der Waals surface area contributed by atoms with Crippen LogP contribution in [0.5, 0.6) is 5.75 Å². The van der Waals surface area contributed by atoms with E-state index in [0.717, 1.165) is 12.0 Å². The Morgan fingerprint density at radius 1 is 1.28 bits per heavy atom. The average molecular weight is 356 g/mol. The zero-order chi connectivity index (χ0) is 18.0. The summed E-state index contributed by atoms with van der Waals surface area (Å²) in [6.07, 6.45) is 0.742. The highest BCUT2D eigenvalue weighted by atomic mass is 32.1. The van der Waals surface area contributed by atoms with Crippen molar-refractivity contribution in [2.75, 3.05) is 0 Å². The first-order valence-electron chi connectivity index (χ1n) is 8.20. The first-order chi connectivity index (χ1) is 12.0. The second-order valence-corrected chi connectivity index (χ2v) is 6.93. The van der Waals surface area contributed by atoms with E-state index in [1.54, 1.807) is 10.6 Å². The molecule has 0 aliphatic carbocycles. The van der Waals surface area contributed by atoms with Gasteiger partial charge in [-0.15, -0.1) is 11.3 Å². The fraction of sp³-hybridized carbons (Fsp3) is 0.263. The van der Waals surface area contributed by atoms with E-state index in [1.807, 2.05) is 49.6 Å². The molecule has 0 bridgehead atoms. The van der Waals surface area contributed by atoms with Gasteiger partial charge in [-0.1, -0.05) is 37.3 Å². The lowest BCUT2D eigenvalue weighted by Crippen LogP contribution is -2.37. The van der Waals surface area contributed by atoms with Crippen molar-refractivity contribution in [1.29, 1.82) is 0 Å². The number of carbonyl (C=O) groups is 1. The third-order valence-corrected chi connectivity index (χ3v) is 5.16. The predicted octanol–water partition coefficient (Wildman–Crippen LogP) is 3.35. The molecular weight excluding hydrogens is 336 g/mol. The largest absolute Gasteiger partial charge is 0.505 e. The molecule has 1 aromatic carbocycles. The number of fused-ring (bicyclic) bond motifs is 1. The molecule has 2 heterocycles. The van der Waals surface area contributed by atoms with Crippen LogP contribution in [0.3, 0.4) is 0 Å². The number of rotatable bonds is 5. The molecule has 25 heavy (non-hydrogen) atoms. The summed E-state index contributed by atoms with van der Waals surface area (Å²) in [5.41, 5.74) is 0.923. The number of amides is 1. The standard InChI is InChI=1S/C19H20N2O3S/c1-3-12(2)20-18(23)15-16(22)17-14(9-10-25-17)21(19(15)24)11-13-7-5-4-6-8-13/h4-10,12,22H,3,11H2,1-2H3,(H,20,23)/t12-/m1/s1. The van der Waals surface area contributed by atoms with Crippen molar-refractivity contribution in [3.8, 4) is 5.75 Å². The van der Waals surface area contributed by atoms with Gasteiger partial charge in [0.05, 0.1) is 16.8 Å². The van der Waals surface area contributed by atoms with Crippen molar-refractivity contribution < 1.29 is 9.90 Å². The highest BCUT2D eigenvalue weighted by molar-refractivity contribution is 7.17. The highest BCUT2D eigenvalue weighted by Gasteiger charge is 2.23. The summed E-state index contributed by atoms with van der Waals surface area (Å²) in [5.74, 6) is -0.769. The Morgan fingerprint density at radius 2 is 2.00 bits per heavy atom. The molecule has 3 rings (SSSR count). The molecule has 0 radical (unpaired) electrons. The maximum absolute atomic E-state index is 13.0. The van der Waals surface area contributed by atoms with Gasteiger partial charge in [0.1, 0.15) is 5.56 Å². The van der Waals surface area contributed by atoms with Gasteiger partial charge < -0.3 is 15.0 Å². The van der Waals surface area contributed by atoms with Gasteiger partial charge in [0.2, 0.25) is 0 Å². The fourth-order valence-electron chi connectivity index (χ4n) is 2.68. The number of carbonyl (C=O) groups excluding carboxylic acids is 1. The lowest BCUT2D eigenvalue weighted by molar-refractivity contribution is 0.0934. The van der Waals surface area contributed by atoms with Crippen molar-refractivity contribution in [3.05, 3.63) is 63.3 Å². The van der Waals surface area contributed by atoms with Gasteiger partial charge in [-0.3, -0.25) is 9.59 Å². The van der Waals surface area contributed by atoms with Crippen molar-refractivity contribution in [2.24, 2.45) is 0 Å². The SMILES string of the molecule is CC[C@@H](C)NC(=O)c1c(O)c2sccc2n(Cc2ccccc2)c1=O. The van der Waals surface area contributed by atoms with Gasteiger partial charge in [-0.2, -0.15) is 0 Å². The minimum absolute atomic E-state index is 0.0760. The molecule has 130 valence electrons. The zero-order valence-electron chi connectivity index (χ0n) is 14.2. The third-order valence-electron chi connectivity index (χ3n) is 4.25. The fourth-order valence-corrected chi connectivity index (χ4v) is 3.52. The van der Waals surface area contributed by atoms with Crippen LogP contribution < -0.4 is 10.9 Å². The van der Waals surface area contributed by atoms with Gasteiger partial charge >= 0.3 is 0 Å².